The minimum Gasteiger partial charge on any atom is -0.466 e. The number of hydrogen-bond acceptors (Lipinski definition) is 3. The van der Waals surface area contributed by atoms with Crippen LogP contribution in [0, 0.1) is 11.6 Å². The molecule has 0 aliphatic heterocycles. The van der Waals surface area contributed by atoms with Crippen LogP contribution in [0.3, 0.4) is 0 Å². The second kappa shape index (κ2) is 6.58. The lowest BCUT2D eigenvalue weighted by Crippen LogP contribution is -2.19. The smallest absolute Gasteiger partial charge is 0.306 e. The van der Waals surface area contributed by atoms with Crippen molar-refractivity contribution in [3.8, 4) is 0 Å². The van der Waals surface area contributed by atoms with Crippen molar-refractivity contribution in [1.82, 2.24) is 0 Å². The molecule has 6 heteroatoms. The lowest BCUT2D eigenvalue weighted by Gasteiger charge is -2.11. The first-order chi connectivity index (χ1) is 8.45. The lowest BCUT2D eigenvalue weighted by atomic mass is 10.3. The topological polar surface area (TPSA) is 43.4 Å². The highest BCUT2D eigenvalue weighted by atomic mass is 32.2. The summed E-state index contributed by atoms with van der Waals surface area (Å²) in [6, 6.07) is 2.75. The highest BCUT2D eigenvalue weighted by Crippen LogP contribution is 2.19. The van der Waals surface area contributed by atoms with Crippen molar-refractivity contribution in [2.45, 2.75) is 30.4 Å². The van der Waals surface area contributed by atoms with E-state index in [0.29, 0.717) is 0 Å². The standard InChI is InChI=1S/C12H14F2O3S/c1-3-17-12(15)6-8(2)18(16)11-7-9(13)4-5-10(11)14/h4-5,7-8H,3,6H2,1-2H3. The van der Waals surface area contributed by atoms with Crippen LogP contribution in [0.15, 0.2) is 23.1 Å². The summed E-state index contributed by atoms with van der Waals surface area (Å²) in [7, 11) is -1.79. The van der Waals surface area contributed by atoms with Gasteiger partial charge in [0.15, 0.2) is 0 Å². The molecular formula is C12H14F2O3S. The largest absolute Gasteiger partial charge is 0.466 e. The maximum atomic E-state index is 13.4. The van der Waals surface area contributed by atoms with Crippen molar-refractivity contribution >= 4 is 16.8 Å². The van der Waals surface area contributed by atoms with E-state index in [1.54, 1.807) is 6.92 Å². The van der Waals surface area contributed by atoms with E-state index in [-0.39, 0.29) is 17.9 Å². The molecule has 0 fully saturated rings. The maximum Gasteiger partial charge on any atom is 0.306 e. The Labute approximate surface area is 107 Å². The molecule has 0 N–H and O–H groups in total. The monoisotopic (exact) mass is 276 g/mol. The number of halogens is 2. The number of benzene rings is 1. The van der Waals surface area contributed by atoms with Gasteiger partial charge in [-0.15, -0.1) is 0 Å². The molecule has 0 bridgehead atoms. The van der Waals surface area contributed by atoms with Crippen LogP contribution in [0.4, 0.5) is 8.78 Å². The molecule has 100 valence electrons. The van der Waals surface area contributed by atoms with Crippen LogP contribution < -0.4 is 0 Å². The van der Waals surface area contributed by atoms with E-state index in [9.17, 15) is 17.8 Å². The van der Waals surface area contributed by atoms with Gasteiger partial charge < -0.3 is 4.74 Å². The minimum absolute atomic E-state index is 0.101. The molecule has 1 aromatic carbocycles. The van der Waals surface area contributed by atoms with Gasteiger partial charge in [0.25, 0.3) is 0 Å². The third-order valence-corrected chi connectivity index (χ3v) is 3.88. The Morgan fingerprint density at radius 2 is 2.11 bits per heavy atom. The number of carbonyl (C=O) groups is 1. The van der Waals surface area contributed by atoms with Crippen LogP contribution in [0.25, 0.3) is 0 Å². The first-order valence-electron chi connectivity index (χ1n) is 5.47. The summed E-state index contributed by atoms with van der Waals surface area (Å²) in [6.45, 7) is 3.41. The van der Waals surface area contributed by atoms with Gasteiger partial charge in [0.05, 0.1) is 28.7 Å². The quantitative estimate of drug-likeness (QED) is 0.776. The average Bonchev–Trinajstić information content (AvgIpc) is 2.31. The Balaban J connectivity index is 2.80. The Kier molecular flexibility index (Phi) is 5.40. The Morgan fingerprint density at radius 1 is 1.44 bits per heavy atom. The van der Waals surface area contributed by atoms with Crippen LogP contribution in [0.1, 0.15) is 20.3 Å². The Hall–Kier alpha value is -1.30. The maximum absolute atomic E-state index is 13.4. The average molecular weight is 276 g/mol. The Bertz CT molecular complexity index is 463. The molecule has 0 amide bonds. The molecule has 0 saturated carbocycles. The van der Waals surface area contributed by atoms with E-state index in [1.807, 2.05) is 0 Å². The van der Waals surface area contributed by atoms with Gasteiger partial charge >= 0.3 is 5.97 Å². The van der Waals surface area contributed by atoms with Crippen molar-refractivity contribution in [2.24, 2.45) is 0 Å². The van der Waals surface area contributed by atoms with Crippen LogP contribution in [-0.4, -0.2) is 22.0 Å². The van der Waals surface area contributed by atoms with Gasteiger partial charge in [0.2, 0.25) is 0 Å². The molecule has 0 heterocycles. The SMILES string of the molecule is CCOC(=O)CC(C)S(=O)c1cc(F)ccc1F. The molecule has 1 aromatic rings. The summed E-state index contributed by atoms with van der Waals surface area (Å²) in [4.78, 5) is 11.0. The number of carbonyl (C=O) groups excluding carboxylic acids is 1. The van der Waals surface area contributed by atoms with Gasteiger partial charge in [-0.05, 0) is 32.0 Å². The summed E-state index contributed by atoms with van der Waals surface area (Å²) in [5.41, 5.74) is 0. The molecule has 18 heavy (non-hydrogen) atoms. The Morgan fingerprint density at radius 3 is 2.72 bits per heavy atom. The van der Waals surface area contributed by atoms with Crippen LogP contribution in [0.5, 0.6) is 0 Å². The van der Waals surface area contributed by atoms with Gasteiger partial charge in [-0.1, -0.05) is 0 Å². The fourth-order valence-electron chi connectivity index (χ4n) is 1.38. The predicted molar refractivity (Wildman–Crippen MR) is 63.5 cm³/mol. The molecule has 0 saturated heterocycles. The molecule has 1 rings (SSSR count). The van der Waals surface area contributed by atoms with Crippen molar-refractivity contribution in [1.29, 1.82) is 0 Å². The minimum atomic E-state index is -1.79. The summed E-state index contributed by atoms with van der Waals surface area (Å²) in [5.74, 6) is -1.91. The molecular weight excluding hydrogens is 262 g/mol. The van der Waals surface area contributed by atoms with Crippen molar-refractivity contribution in [2.75, 3.05) is 6.61 Å². The lowest BCUT2D eigenvalue weighted by molar-refractivity contribution is -0.143. The first-order valence-corrected chi connectivity index (χ1v) is 6.68. The molecule has 0 aromatic heterocycles. The summed E-state index contributed by atoms with van der Waals surface area (Å²) in [6.07, 6.45) is -0.101. The van der Waals surface area contributed by atoms with E-state index in [4.69, 9.17) is 4.74 Å². The number of hydrogen-bond donors (Lipinski definition) is 0. The molecule has 0 radical (unpaired) electrons. The van der Waals surface area contributed by atoms with Crippen LogP contribution in [0.2, 0.25) is 0 Å². The zero-order valence-electron chi connectivity index (χ0n) is 10.1. The van der Waals surface area contributed by atoms with E-state index >= 15 is 0 Å². The van der Waals surface area contributed by atoms with Crippen molar-refractivity contribution in [3.63, 3.8) is 0 Å². The van der Waals surface area contributed by atoms with Crippen molar-refractivity contribution < 1.29 is 22.5 Å². The zero-order chi connectivity index (χ0) is 13.7. The van der Waals surface area contributed by atoms with Crippen LogP contribution >= 0.6 is 0 Å². The molecule has 0 aliphatic carbocycles. The van der Waals surface area contributed by atoms with E-state index in [1.165, 1.54) is 6.92 Å². The van der Waals surface area contributed by atoms with Gasteiger partial charge in [0.1, 0.15) is 11.6 Å². The normalized spacial score (nSPS) is 14.0. The first kappa shape index (κ1) is 14.8. The predicted octanol–water partition coefficient (Wildman–Crippen LogP) is 2.41. The fraction of sp³-hybridized carbons (Fsp3) is 0.417. The summed E-state index contributed by atoms with van der Waals surface area (Å²) < 4.78 is 43.0. The van der Waals surface area contributed by atoms with E-state index < -0.39 is 33.7 Å². The van der Waals surface area contributed by atoms with Crippen LogP contribution in [-0.2, 0) is 20.3 Å². The highest BCUT2D eigenvalue weighted by Gasteiger charge is 2.21. The van der Waals surface area contributed by atoms with Gasteiger partial charge in [-0.25, -0.2) is 8.78 Å². The van der Waals surface area contributed by atoms with Gasteiger partial charge in [-0.3, -0.25) is 9.00 Å². The third kappa shape index (κ3) is 3.87. The third-order valence-electron chi connectivity index (χ3n) is 2.23. The van der Waals surface area contributed by atoms with Gasteiger partial charge in [0, 0.05) is 5.25 Å². The highest BCUT2D eigenvalue weighted by molar-refractivity contribution is 7.85. The van der Waals surface area contributed by atoms with E-state index in [2.05, 4.69) is 0 Å². The number of ether oxygens (including phenoxy) is 1. The second-order valence-electron chi connectivity index (χ2n) is 3.69. The molecule has 0 aliphatic rings. The second-order valence-corrected chi connectivity index (χ2v) is 5.53. The fourth-order valence-corrected chi connectivity index (χ4v) is 2.59. The zero-order valence-corrected chi connectivity index (χ0v) is 10.9. The molecule has 2 atom stereocenters. The molecule has 0 spiro atoms. The van der Waals surface area contributed by atoms with Crippen molar-refractivity contribution in [3.05, 3.63) is 29.8 Å². The van der Waals surface area contributed by atoms with E-state index in [0.717, 1.165) is 18.2 Å². The van der Waals surface area contributed by atoms with Gasteiger partial charge in [-0.2, -0.15) is 0 Å². The number of rotatable bonds is 5. The molecule has 2 unspecified atom stereocenters. The summed E-state index contributed by atoms with van der Waals surface area (Å²) in [5, 5.41) is -0.639. The number of esters is 1. The molecule has 3 nitrogen and oxygen atoms in total. The summed E-state index contributed by atoms with van der Waals surface area (Å²) >= 11 is 0.